The fraction of sp³-hybridized carbons (Fsp3) is 0.368. The molecule has 0 aliphatic carbocycles. The topological polar surface area (TPSA) is 86.8 Å². The second-order valence-corrected chi connectivity index (χ2v) is 6.72. The highest BCUT2D eigenvalue weighted by Gasteiger charge is 2.24. The molecule has 134 valence electrons. The number of anilines is 2. The van der Waals surface area contributed by atoms with Crippen molar-refractivity contribution >= 4 is 28.3 Å². The van der Waals surface area contributed by atoms with Gasteiger partial charge in [-0.05, 0) is 37.0 Å². The van der Waals surface area contributed by atoms with E-state index in [-0.39, 0.29) is 5.78 Å². The van der Waals surface area contributed by atoms with Crippen LogP contribution in [0.4, 0.5) is 11.5 Å². The molecule has 7 nitrogen and oxygen atoms in total. The Morgan fingerprint density at radius 2 is 2.15 bits per heavy atom. The van der Waals surface area contributed by atoms with Crippen LogP contribution >= 0.6 is 0 Å². The van der Waals surface area contributed by atoms with Gasteiger partial charge in [-0.2, -0.15) is 0 Å². The average molecular weight is 350 g/mol. The van der Waals surface area contributed by atoms with Crippen LogP contribution in [0.3, 0.4) is 0 Å². The lowest BCUT2D eigenvalue weighted by molar-refractivity contribution is -0.118. The van der Waals surface area contributed by atoms with Gasteiger partial charge in [-0.15, -0.1) is 0 Å². The van der Waals surface area contributed by atoms with Gasteiger partial charge in [0.2, 0.25) is 0 Å². The van der Waals surface area contributed by atoms with Gasteiger partial charge in [0.15, 0.2) is 5.78 Å². The number of hydrogen-bond donors (Lipinski definition) is 2. The van der Waals surface area contributed by atoms with Crippen LogP contribution in [0.1, 0.15) is 19.3 Å². The van der Waals surface area contributed by atoms with E-state index in [4.69, 9.17) is 0 Å². The predicted octanol–water partition coefficient (Wildman–Crippen LogP) is 2.64. The zero-order valence-electron chi connectivity index (χ0n) is 14.6. The van der Waals surface area contributed by atoms with E-state index in [1.807, 2.05) is 24.4 Å². The van der Waals surface area contributed by atoms with Crippen molar-refractivity contribution in [3.05, 3.63) is 43.1 Å². The number of H-pyrrole nitrogens is 1. The molecule has 0 bridgehead atoms. The van der Waals surface area contributed by atoms with Gasteiger partial charge in [0.05, 0.1) is 11.9 Å². The predicted molar refractivity (Wildman–Crippen MR) is 101 cm³/mol. The molecule has 0 amide bonds. The first-order chi connectivity index (χ1) is 12.8. The molecule has 4 heterocycles. The molecule has 4 rings (SSSR count). The molecule has 1 saturated heterocycles. The largest absolute Gasteiger partial charge is 0.378 e. The van der Waals surface area contributed by atoms with Crippen LogP contribution in [0, 0.1) is 5.92 Å². The maximum atomic E-state index is 12.4. The van der Waals surface area contributed by atoms with Crippen LogP contribution in [0.5, 0.6) is 0 Å². The van der Waals surface area contributed by atoms with E-state index < -0.39 is 0 Å². The molecular formula is C19H22N6O. The molecule has 26 heavy (non-hydrogen) atoms. The van der Waals surface area contributed by atoms with Crippen LogP contribution in [0.15, 0.2) is 43.1 Å². The molecule has 3 aromatic heterocycles. The van der Waals surface area contributed by atoms with Crippen molar-refractivity contribution in [2.45, 2.75) is 19.3 Å². The summed E-state index contributed by atoms with van der Waals surface area (Å²) in [5.41, 5.74) is 1.78. The number of carbonyl (C=O) groups is 1. The van der Waals surface area contributed by atoms with Crippen LogP contribution in [0.2, 0.25) is 0 Å². The molecule has 1 aliphatic rings. The molecule has 1 fully saturated rings. The highest BCUT2D eigenvalue weighted by molar-refractivity contribution is 5.87. The minimum atomic E-state index is 0.239. The number of pyridine rings is 1. The van der Waals surface area contributed by atoms with E-state index >= 15 is 0 Å². The van der Waals surface area contributed by atoms with E-state index in [1.165, 1.54) is 0 Å². The molecule has 1 aliphatic heterocycles. The number of ketones is 1. The first kappa shape index (κ1) is 16.5. The summed E-state index contributed by atoms with van der Waals surface area (Å²) in [5, 5.41) is 4.21. The second-order valence-electron chi connectivity index (χ2n) is 6.72. The van der Waals surface area contributed by atoms with Crippen molar-refractivity contribution in [1.29, 1.82) is 0 Å². The first-order valence-corrected chi connectivity index (χ1v) is 8.98. The van der Waals surface area contributed by atoms with Crippen molar-refractivity contribution in [2.75, 3.05) is 29.9 Å². The van der Waals surface area contributed by atoms with Crippen LogP contribution in [0.25, 0.3) is 11.0 Å². The fourth-order valence-electron chi connectivity index (χ4n) is 3.60. The van der Waals surface area contributed by atoms with E-state index in [0.29, 0.717) is 18.9 Å². The first-order valence-electron chi connectivity index (χ1n) is 8.98. The lowest BCUT2D eigenvalue weighted by atomic mass is 9.92. The molecule has 0 spiro atoms. The van der Waals surface area contributed by atoms with Gasteiger partial charge in [-0.3, -0.25) is 9.78 Å². The number of fused-ring (bicyclic) bond motifs is 1. The summed E-state index contributed by atoms with van der Waals surface area (Å²) in [6.07, 6.45) is 9.67. The number of hydrogen-bond acceptors (Lipinski definition) is 6. The van der Waals surface area contributed by atoms with Crippen molar-refractivity contribution in [3.8, 4) is 0 Å². The van der Waals surface area contributed by atoms with Crippen LogP contribution in [-0.2, 0) is 4.79 Å². The SMILES string of the molecule is O=C(CNc1ccncc1)CC1CCCN(c2ncnc3[nH]ccc23)C1. The number of rotatable bonds is 6. The van der Waals surface area contributed by atoms with Gasteiger partial charge >= 0.3 is 0 Å². The fourth-order valence-corrected chi connectivity index (χ4v) is 3.60. The molecule has 1 atom stereocenters. The van der Waals surface area contributed by atoms with Gasteiger partial charge in [-0.25, -0.2) is 9.97 Å². The van der Waals surface area contributed by atoms with Gasteiger partial charge in [0.1, 0.15) is 17.8 Å². The van der Waals surface area contributed by atoms with Gasteiger partial charge in [0, 0.05) is 43.8 Å². The Morgan fingerprint density at radius 1 is 1.27 bits per heavy atom. The number of Topliss-reactive ketones (excluding diaryl/α,β-unsaturated/α-hetero) is 1. The normalized spacial score (nSPS) is 17.4. The smallest absolute Gasteiger partial charge is 0.152 e. The van der Waals surface area contributed by atoms with Crippen LogP contribution < -0.4 is 10.2 Å². The molecule has 3 aromatic rings. The van der Waals surface area contributed by atoms with Gasteiger partial charge in [0.25, 0.3) is 0 Å². The summed E-state index contributed by atoms with van der Waals surface area (Å²) in [6, 6.07) is 5.75. The Kier molecular flexibility index (Phi) is 4.77. The molecule has 7 heteroatoms. The summed E-state index contributed by atoms with van der Waals surface area (Å²) in [7, 11) is 0. The highest BCUT2D eigenvalue weighted by atomic mass is 16.1. The molecule has 2 N–H and O–H groups in total. The van der Waals surface area contributed by atoms with Gasteiger partial charge < -0.3 is 15.2 Å². The van der Waals surface area contributed by atoms with Gasteiger partial charge in [-0.1, -0.05) is 0 Å². The number of nitrogens with zero attached hydrogens (tertiary/aromatic N) is 4. The van der Waals surface area contributed by atoms with Crippen molar-refractivity contribution in [2.24, 2.45) is 5.92 Å². The number of aromatic amines is 1. The number of carbonyl (C=O) groups excluding carboxylic acids is 1. The number of aromatic nitrogens is 4. The lowest BCUT2D eigenvalue weighted by Gasteiger charge is -2.33. The van der Waals surface area contributed by atoms with E-state index in [9.17, 15) is 4.79 Å². The summed E-state index contributed by atoms with van der Waals surface area (Å²) in [6.45, 7) is 2.19. The Hall–Kier alpha value is -2.96. The Bertz CT molecular complexity index is 878. The van der Waals surface area contributed by atoms with Crippen molar-refractivity contribution in [1.82, 2.24) is 19.9 Å². The summed E-state index contributed by atoms with van der Waals surface area (Å²) in [4.78, 5) is 30.5. The summed E-state index contributed by atoms with van der Waals surface area (Å²) in [5.74, 6) is 1.56. The maximum Gasteiger partial charge on any atom is 0.152 e. The second kappa shape index (κ2) is 7.51. The third kappa shape index (κ3) is 3.66. The lowest BCUT2D eigenvalue weighted by Crippen LogP contribution is -2.37. The van der Waals surface area contributed by atoms with Crippen LogP contribution in [-0.4, -0.2) is 45.4 Å². The number of piperidine rings is 1. The Morgan fingerprint density at radius 3 is 3.04 bits per heavy atom. The Balaban J connectivity index is 1.36. The molecule has 1 unspecified atom stereocenters. The standard InChI is InChI=1S/C19H22N6O/c26-16(11-22-15-3-6-20-7-4-15)10-14-2-1-9-25(12-14)19-17-5-8-21-18(17)23-13-24-19/h3-8,13-14H,1-2,9-12H2,(H,20,22)(H,21,23,24). The van der Waals surface area contributed by atoms with E-state index in [1.54, 1.807) is 18.7 Å². The highest BCUT2D eigenvalue weighted by Crippen LogP contribution is 2.28. The zero-order chi connectivity index (χ0) is 17.8. The minimum Gasteiger partial charge on any atom is -0.378 e. The third-order valence-electron chi connectivity index (χ3n) is 4.84. The quantitative estimate of drug-likeness (QED) is 0.711. The van der Waals surface area contributed by atoms with E-state index in [0.717, 1.165) is 48.5 Å². The minimum absolute atomic E-state index is 0.239. The summed E-state index contributed by atoms with van der Waals surface area (Å²) < 4.78 is 0. The zero-order valence-corrected chi connectivity index (χ0v) is 14.6. The molecule has 0 saturated carbocycles. The van der Waals surface area contributed by atoms with Crippen molar-refractivity contribution < 1.29 is 4.79 Å². The third-order valence-corrected chi connectivity index (χ3v) is 4.84. The summed E-state index contributed by atoms with van der Waals surface area (Å²) >= 11 is 0. The maximum absolute atomic E-state index is 12.4. The molecule has 0 aromatic carbocycles. The van der Waals surface area contributed by atoms with E-state index in [2.05, 4.69) is 30.2 Å². The molecular weight excluding hydrogens is 328 g/mol. The number of nitrogens with one attached hydrogen (secondary N) is 2. The monoisotopic (exact) mass is 350 g/mol. The Labute approximate surface area is 151 Å². The van der Waals surface area contributed by atoms with Crippen molar-refractivity contribution in [3.63, 3.8) is 0 Å². The molecule has 0 radical (unpaired) electrons. The average Bonchev–Trinajstić information content (AvgIpc) is 3.16.